The quantitative estimate of drug-likeness (QED) is 0.530. The fourth-order valence-electron chi connectivity index (χ4n) is 0.933. The molecule has 3 heteroatoms. The van der Waals surface area contributed by atoms with Crippen molar-refractivity contribution in [3.63, 3.8) is 0 Å². The third-order valence-electron chi connectivity index (χ3n) is 1.46. The van der Waals surface area contributed by atoms with Gasteiger partial charge < -0.3 is 10.3 Å². The van der Waals surface area contributed by atoms with Crippen LogP contribution in [0, 0.1) is 5.21 Å². The van der Waals surface area contributed by atoms with Crippen LogP contribution in [0.3, 0.4) is 0 Å². The van der Waals surface area contributed by atoms with Gasteiger partial charge in [-0.15, -0.1) is 0 Å². The minimum absolute atomic E-state index is 0.150. The Kier molecular flexibility index (Phi) is 3.51. The molecule has 0 N–H and O–H groups in total. The van der Waals surface area contributed by atoms with E-state index in [0.717, 1.165) is 10.8 Å². The van der Waals surface area contributed by atoms with E-state index in [-0.39, 0.29) is 7.92 Å². The van der Waals surface area contributed by atoms with Gasteiger partial charge in [0.15, 0.2) is 0 Å². The van der Waals surface area contributed by atoms with Crippen LogP contribution >= 0.6 is 7.92 Å². The summed E-state index contributed by atoms with van der Waals surface area (Å²) in [5.41, 5.74) is 0.758. The summed E-state index contributed by atoms with van der Waals surface area (Å²) >= 11 is 0. The molecule has 1 aromatic rings. The van der Waals surface area contributed by atoms with Crippen molar-refractivity contribution in [3.8, 4) is 0 Å². The highest BCUT2D eigenvalue weighted by Gasteiger charge is 1.95. The van der Waals surface area contributed by atoms with Gasteiger partial charge in [0.05, 0.1) is 0 Å². The summed E-state index contributed by atoms with van der Waals surface area (Å²) in [6.45, 7) is 4.20. The van der Waals surface area contributed by atoms with Gasteiger partial charge in [-0.25, -0.2) is 0 Å². The molecular weight excluding hydrogens is 169 g/mol. The van der Waals surface area contributed by atoms with Crippen molar-refractivity contribution < 1.29 is 0 Å². The van der Waals surface area contributed by atoms with Crippen molar-refractivity contribution in [2.24, 2.45) is 0 Å². The van der Waals surface area contributed by atoms with Crippen molar-refractivity contribution in [1.82, 2.24) is 0 Å². The van der Waals surface area contributed by atoms with Gasteiger partial charge in [-0.05, 0) is 25.5 Å². The summed E-state index contributed by atoms with van der Waals surface area (Å²) in [5.74, 6) is 0. The van der Waals surface area contributed by atoms with Crippen LogP contribution in [-0.4, -0.2) is 19.6 Å². The Balaban J connectivity index is 2.59. The van der Waals surface area contributed by atoms with Crippen LogP contribution in [0.2, 0.25) is 0 Å². The first-order valence-electron chi connectivity index (χ1n) is 3.84. The van der Waals surface area contributed by atoms with Crippen molar-refractivity contribution >= 4 is 13.6 Å². The van der Waals surface area contributed by atoms with E-state index < -0.39 is 0 Å². The molecular formula is C9H13NOP-. The van der Waals surface area contributed by atoms with E-state index in [9.17, 15) is 5.21 Å². The van der Waals surface area contributed by atoms with E-state index in [1.165, 1.54) is 0 Å². The molecule has 0 radical (unpaired) electrons. The number of anilines is 1. The van der Waals surface area contributed by atoms with Gasteiger partial charge in [0, 0.05) is 12.0 Å². The average Bonchev–Trinajstić information content (AvgIpc) is 2.05. The normalized spacial score (nSPS) is 10.3. The predicted octanol–water partition coefficient (Wildman–Crippen LogP) is 2.69. The van der Waals surface area contributed by atoms with Gasteiger partial charge in [-0.2, -0.15) is 0 Å². The second-order valence-corrected chi connectivity index (χ2v) is 5.38. The van der Waals surface area contributed by atoms with Crippen LogP contribution in [-0.2, 0) is 0 Å². The van der Waals surface area contributed by atoms with Crippen molar-refractivity contribution in [2.45, 2.75) is 0 Å². The molecule has 1 rings (SSSR count). The lowest BCUT2D eigenvalue weighted by atomic mass is 10.3. The third-order valence-corrected chi connectivity index (χ3v) is 2.28. The third kappa shape index (κ3) is 2.80. The average molecular weight is 182 g/mol. The minimum atomic E-state index is -0.150. The molecule has 0 fully saturated rings. The highest BCUT2D eigenvalue weighted by molar-refractivity contribution is 7.56. The molecule has 2 nitrogen and oxygen atoms in total. The number of benzene rings is 1. The van der Waals surface area contributed by atoms with E-state index in [4.69, 9.17) is 0 Å². The van der Waals surface area contributed by atoms with E-state index in [2.05, 4.69) is 13.3 Å². The molecule has 0 saturated heterocycles. The Morgan fingerprint density at radius 2 is 1.83 bits per heavy atom. The summed E-state index contributed by atoms with van der Waals surface area (Å²) < 4.78 is 0. The van der Waals surface area contributed by atoms with Gasteiger partial charge in [0.1, 0.15) is 0 Å². The summed E-state index contributed by atoms with van der Waals surface area (Å²) in [6.07, 6.45) is 0.624. The summed E-state index contributed by atoms with van der Waals surface area (Å²) in [7, 11) is -0.150. The molecule has 0 aromatic heterocycles. The lowest BCUT2D eigenvalue weighted by molar-refractivity contribution is 1.17. The fourth-order valence-corrected chi connectivity index (χ4v) is 1.61. The van der Waals surface area contributed by atoms with Crippen LogP contribution in [0.4, 0.5) is 5.69 Å². The topological polar surface area (TPSA) is 26.3 Å². The lowest BCUT2D eigenvalue weighted by Crippen LogP contribution is -2.14. The molecule has 0 spiro atoms. The minimum Gasteiger partial charge on any atom is -0.758 e. The molecule has 0 aliphatic heterocycles. The van der Waals surface area contributed by atoms with Gasteiger partial charge in [0.2, 0.25) is 0 Å². The van der Waals surface area contributed by atoms with E-state index >= 15 is 0 Å². The lowest BCUT2D eigenvalue weighted by Gasteiger charge is -2.32. The molecule has 66 valence electrons. The summed E-state index contributed by atoms with van der Waals surface area (Å²) in [6, 6.07) is 9.36. The first-order chi connectivity index (χ1) is 5.70. The molecule has 12 heavy (non-hydrogen) atoms. The monoisotopic (exact) mass is 182 g/mol. The smallest absolute Gasteiger partial charge is 0.0261 e. The highest BCUT2D eigenvalue weighted by atomic mass is 31.1. The van der Waals surface area contributed by atoms with Gasteiger partial charge in [-0.1, -0.05) is 26.1 Å². The summed E-state index contributed by atoms with van der Waals surface area (Å²) in [5, 5.41) is 12.4. The van der Waals surface area contributed by atoms with E-state index in [1.807, 2.05) is 30.3 Å². The van der Waals surface area contributed by atoms with Crippen LogP contribution in [0.25, 0.3) is 0 Å². The van der Waals surface area contributed by atoms with Crippen molar-refractivity contribution in [1.29, 1.82) is 0 Å². The first kappa shape index (κ1) is 9.50. The molecule has 0 aliphatic carbocycles. The number of rotatable bonds is 3. The van der Waals surface area contributed by atoms with Crippen LogP contribution in [0.15, 0.2) is 30.3 Å². The van der Waals surface area contributed by atoms with Crippen LogP contribution in [0.5, 0.6) is 0 Å². The number of nitrogens with zero attached hydrogens (tertiary/aromatic N) is 1. The Labute approximate surface area is 74.5 Å². The number of hydrogen-bond donors (Lipinski definition) is 0. The van der Waals surface area contributed by atoms with Crippen molar-refractivity contribution in [2.75, 3.05) is 24.7 Å². The zero-order chi connectivity index (χ0) is 8.97. The fraction of sp³-hybridized carbons (Fsp3) is 0.333. The van der Waals surface area contributed by atoms with Gasteiger partial charge >= 0.3 is 0 Å². The predicted molar refractivity (Wildman–Crippen MR) is 55.9 cm³/mol. The van der Waals surface area contributed by atoms with Crippen LogP contribution in [0.1, 0.15) is 0 Å². The molecule has 0 amide bonds. The second-order valence-electron chi connectivity index (χ2n) is 2.94. The molecule has 0 saturated carbocycles. The maximum Gasteiger partial charge on any atom is 0.0261 e. The van der Waals surface area contributed by atoms with Gasteiger partial charge in [0.25, 0.3) is 0 Å². The first-order valence-corrected chi connectivity index (χ1v) is 6.27. The Morgan fingerprint density at radius 3 is 2.33 bits per heavy atom. The maximum absolute atomic E-state index is 11.4. The van der Waals surface area contributed by atoms with Crippen LogP contribution < -0.4 is 5.06 Å². The largest absolute Gasteiger partial charge is 0.758 e. The molecule has 1 aromatic carbocycles. The number of hydrogen-bond acceptors (Lipinski definition) is 2. The number of hydroxylamine groups is 1. The highest BCUT2D eigenvalue weighted by Crippen LogP contribution is 2.27. The zero-order valence-electron chi connectivity index (χ0n) is 7.40. The Morgan fingerprint density at radius 1 is 1.25 bits per heavy atom. The standard InChI is InChI=1S/C9H13NOP/c1-12(2)8-10(11)9-6-4-3-5-7-9/h3-7H,8H2,1-2H3/q-1. The molecule has 0 bridgehead atoms. The Bertz CT molecular complexity index is 225. The SMILES string of the molecule is CP(C)CN([O-])c1ccccc1. The van der Waals surface area contributed by atoms with Gasteiger partial charge in [-0.3, -0.25) is 0 Å². The van der Waals surface area contributed by atoms with E-state index in [0.29, 0.717) is 6.29 Å². The number of para-hydroxylation sites is 1. The molecule has 0 atom stereocenters. The van der Waals surface area contributed by atoms with Crippen molar-refractivity contribution in [3.05, 3.63) is 35.5 Å². The second kappa shape index (κ2) is 4.44. The zero-order valence-corrected chi connectivity index (χ0v) is 8.29. The molecule has 0 aliphatic rings. The van der Waals surface area contributed by atoms with E-state index in [1.54, 1.807) is 0 Å². The Hall–Kier alpha value is -0.590. The summed E-state index contributed by atoms with van der Waals surface area (Å²) in [4.78, 5) is 0. The molecule has 0 heterocycles. The molecule has 0 unspecified atom stereocenters. The maximum atomic E-state index is 11.4.